The molecule has 6 heteroatoms. The van der Waals surface area contributed by atoms with Gasteiger partial charge in [-0.05, 0) is 82.3 Å². The fourth-order valence-corrected chi connectivity index (χ4v) is 6.04. The van der Waals surface area contributed by atoms with Crippen molar-refractivity contribution in [3.05, 3.63) is 29.8 Å². The van der Waals surface area contributed by atoms with Gasteiger partial charge in [0.2, 0.25) is 5.91 Å². The number of anilines is 1. The van der Waals surface area contributed by atoms with Gasteiger partial charge < -0.3 is 15.4 Å². The molecule has 2 N–H and O–H groups in total. The van der Waals surface area contributed by atoms with Gasteiger partial charge in [-0.2, -0.15) is 0 Å². The molecule has 4 aliphatic carbocycles. The van der Waals surface area contributed by atoms with Crippen LogP contribution in [0.4, 0.5) is 5.69 Å². The van der Waals surface area contributed by atoms with Gasteiger partial charge in [0, 0.05) is 17.6 Å². The number of aryl methyl sites for hydroxylation is 1. The molecule has 5 rings (SSSR count). The molecule has 162 valence electrons. The molecule has 1 aromatic carbocycles. The zero-order valence-electron chi connectivity index (χ0n) is 17.9. The normalized spacial score (nSPS) is 29.9. The van der Waals surface area contributed by atoms with E-state index in [0.717, 1.165) is 24.8 Å². The molecule has 30 heavy (non-hydrogen) atoms. The molecule has 4 bridgehead atoms. The Morgan fingerprint density at radius 3 is 2.17 bits per heavy atom. The third-order valence-corrected chi connectivity index (χ3v) is 7.13. The summed E-state index contributed by atoms with van der Waals surface area (Å²) < 4.78 is 5.24. The molecule has 0 heterocycles. The highest BCUT2D eigenvalue weighted by molar-refractivity contribution is 5.95. The number of rotatable bonds is 7. The predicted molar refractivity (Wildman–Crippen MR) is 114 cm³/mol. The Kier molecular flexibility index (Phi) is 5.85. The number of nitrogens with one attached hydrogen (secondary N) is 2. The van der Waals surface area contributed by atoms with Crippen LogP contribution in [0.5, 0.6) is 0 Å². The summed E-state index contributed by atoms with van der Waals surface area (Å²) in [5, 5.41) is 5.71. The van der Waals surface area contributed by atoms with E-state index >= 15 is 0 Å². The van der Waals surface area contributed by atoms with Gasteiger partial charge in [-0.25, -0.2) is 0 Å². The van der Waals surface area contributed by atoms with E-state index < -0.39 is 12.1 Å². The number of hydrogen-bond donors (Lipinski definition) is 2. The number of benzene rings is 1. The standard InChI is InChI=1S/C24H32N2O4/c1-15-3-5-20(6-4-15)26-22(28)16(2)30-21(27)7-8-25-23(29)24-12-17-9-18(13-24)11-19(10-17)14-24/h3-6,16-19H,7-14H2,1-2H3,(H,25,29)(H,26,28)/t16-,17?,18?,19?,24?/m0/s1. The quantitative estimate of drug-likeness (QED) is 0.671. The average molecular weight is 413 g/mol. The van der Waals surface area contributed by atoms with Gasteiger partial charge in [-0.1, -0.05) is 17.7 Å². The molecule has 0 saturated heterocycles. The van der Waals surface area contributed by atoms with Crippen LogP contribution in [0, 0.1) is 30.1 Å². The van der Waals surface area contributed by atoms with E-state index in [4.69, 9.17) is 4.74 Å². The van der Waals surface area contributed by atoms with Crippen molar-refractivity contribution in [3.63, 3.8) is 0 Å². The van der Waals surface area contributed by atoms with Crippen LogP contribution in [-0.2, 0) is 19.1 Å². The van der Waals surface area contributed by atoms with E-state index in [0.29, 0.717) is 23.4 Å². The molecule has 4 fully saturated rings. The fraction of sp³-hybridized carbons (Fsp3) is 0.625. The van der Waals surface area contributed by atoms with Crippen LogP contribution < -0.4 is 10.6 Å². The van der Waals surface area contributed by atoms with Gasteiger partial charge in [0.1, 0.15) is 0 Å². The summed E-state index contributed by atoms with van der Waals surface area (Å²) in [6.07, 6.45) is 6.07. The number of carbonyl (C=O) groups excluding carboxylic acids is 3. The topological polar surface area (TPSA) is 84.5 Å². The first-order valence-corrected chi connectivity index (χ1v) is 11.2. The molecule has 0 spiro atoms. The van der Waals surface area contributed by atoms with Gasteiger partial charge in [-0.15, -0.1) is 0 Å². The Morgan fingerprint density at radius 2 is 1.60 bits per heavy atom. The number of esters is 1. The monoisotopic (exact) mass is 412 g/mol. The lowest BCUT2D eigenvalue weighted by Crippen LogP contribution is -2.53. The second kappa shape index (κ2) is 8.40. The van der Waals surface area contributed by atoms with Crippen LogP contribution in [-0.4, -0.2) is 30.4 Å². The Labute approximate surface area is 178 Å². The molecule has 0 aliphatic heterocycles. The summed E-state index contributed by atoms with van der Waals surface area (Å²) in [6, 6.07) is 7.42. The maximum atomic E-state index is 12.9. The Balaban J connectivity index is 1.20. The van der Waals surface area contributed by atoms with Crippen molar-refractivity contribution in [2.75, 3.05) is 11.9 Å². The lowest BCUT2D eigenvalue weighted by molar-refractivity contribution is -0.153. The molecule has 0 aromatic heterocycles. The van der Waals surface area contributed by atoms with Crippen LogP contribution in [0.25, 0.3) is 0 Å². The number of hydrogen-bond acceptors (Lipinski definition) is 4. The summed E-state index contributed by atoms with van der Waals surface area (Å²) in [7, 11) is 0. The smallest absolute Gasteiger partial charge is 0.308 e. The minimum absolute atomic E-state index is 0.0697. The minimum atomic E-state index is -0.891. The van der Waals surface area contributed by atoms with Gasteiger partial charge in [0.25, 0.3) is 5.91 Å². The third kappa shape index (κ3) is 4.52. The maximum absolute atomic E-state index is 12.9. The Morgan fingerprint density at radius 1 is 1.03 bits per heavy atom. The van der Waals surface area contributed by atoms with E-state index in [1.165, 1.54) is 19.3 Å². The van der Waals surface area contributed by atoms with E-state index in [9.17, 15) is 14.4 Å². The SMILES string of the molecule is Cc1ccc(NC(=O)[C@H](C)OC(=O)CCNC(=O)C23CC4CC(CC(C4)C2)C3)cc1. The van der Waals surface area contributed by atoms with Gasteiger partial charge >= 0.3 is 5.97 Å². The molecule has 4 saturated carbocycles. The number of ether oxygens (including phenoxy) is 1. The summed E-state index contributed by atoms with van der Waals surface area (Å²) >= 11 is 0. The lowest BCUT2D eigenvalue weighted by Gasteiger charge is -2.55. The summed E-state index contributed by atoms with van der Waals surface area (Å²) in [5.41, 5.74) is 1.55. The summed E-state index contributed by atoms with van der Waals surface area (Å²) in [6.45, 7) is 3.78. The molecule has 1 atom stereocenters. The van der Waals surface area contributed by atoms with E-state index in [2.05, 4.69) is 10.6 Å². The minimum Gasteiger partial charge on any atom is -0.452 e. The molecule has 2 amide bonds. The molecule has 1 aromatic rings. The lowest BCUT2D eigenvalue weighted by atomic mass is 9.49. The fourth-order valence-electron chi connectivity index (χ4n) is 6.04. The third-order valence-electron chi connectivity index (χ3n) is 7.13. The van der Waals surface area contributed by atoms with Crippen molar-refractivity contribution in [2.24, 2.45) is 23.2 Å². The Bertz CT molecular complexity index is 782. The first-order chi connectivity index (χ1) is 14.3. The zero-order valence-corrected chi connectivity index (χ0v) is 17.9. The van der Waals surface area contributed by atoms with Crippen LogP contribution in [0.1, 0.15) is 57.4 Å². The Hall–Kier alpha value is -2.37. The zero-order chi connectivity index (χ0) is 21.3. The highest BCUT2D eigenvalue weighted by Gasteiger charge is 2.54. The molecule has 4 aliphatic rings. The molecule has 6 nitrogen and oxygen atoms in total. The summed E-state index contributed by atoms with van der Waals surface area (Å²) in [4.78, 5) is 37.3. The van der Waals surface area contributed by atoms with Crippen LogP contribution in [0.2, 0.25) is 0 Å². The van der Waals surface area contributed by atoms with Gasteiger partial charge in [0.05, 0.1) is 6.42 Å². The van der Waals surface area contributed by atoms with Gasteiger partial charge in [-0.3, -0.25) is 14.4 Å². The maximum Gasteiger partial charge on any atom is 0.308 e. The van der Waals surface area contributed by atoms with Crippen molar-refractivity contribution < 1.29 is 19.1 Å². The molecular formula is C24H32N2O4. The average Bonchev–Trinajstić information content (AvgIpc) is 2.68. The first kappa shape index (κ1) is 20.9. The summed E-state index contributed by atoms with van der Waals surface area (Å²) in [5.74, 6) is 1.39. The van der Waals surface area contributed by atoms with E-state index in [1.54, 1.807) is 6.92 Å². The van der Waals surface area contributed by atoms with Crippen molar-refractivity contribution in [1.29, 1.82) is 0 Å². The largest absolute Gasteiger partial charge is 0.452 e. The second-order valence-corrected chi connectivity index (χ2v) is 9.69. The van der Waals surface area contributed by atoms with Crippen LogP contribution in [0.15, 0.2) is 24.3 Å². The molecule has 0 unspecified atom stereocenters. The first-order valence-electron chi connectivity index (χ1n) is 11.2. The number of carbonyl (C=O) groups is 3. The molecular weight excluding hydrogens is 380 g/mol. The molecule has 0 radical (unpaired) electrons. The number of amides is 2. The highest BCUT2D eigenvalue weighted by Crippen LogP contribution is 2.60. The van der Waals surface area contributed by atoms with Crippen LogP contribution >= 0.6 is 0 Å². The van der Waals surface area contributed by atoms with Crippen molar-refractivity contribution >= 4 is 23.5 Å². The van der Waals surface area contributed by atoms with Crippen molar-refractivity contribution in [1.82, 2.24) is 5.32 Å². The van der Waals surface area contributed by atoms with E-state index in [1.807, 2.05) is 31.2 Å². The van der Waals surface area contributed by atoms with E-state index in [-0.39, 0.29) is 30.2 Å². The van der Waals surface area contributed by atoms with Crippen molar-refractivity contribution in [2.45, 2.75) is 64.9 Å². The van der Waals surface area contributed by atoms with Gasteiger partial charge in [0.15, 0.2) is 6.10 Å². The predicted octanol–water partition coefficient (Wildman–Crippen LogP) is 3.59. The second-order valence-electron chi connectivity index (χ2n) is 9.69. The van der Waals surface area contributed by atoms with Crippen molar-refractivity contribution in [3.8, 4) is 0 Å². The van der Waals surface area contributed by atoms with Crippen LogP contribution in [0.3, 0.4) is 0 Å². The highest BCUT2D eigenvalue weighted by atomic mass is 16.5.